The van der Waals surface area contributed by atoms with E-state index in [1.807, 2.05) is 67.1 Å². The summed E-state index contributed by atoms with van der Waals surface area (Å²) in [6.45, 7) is 7.98. The number of carbonyl (C=O) groups excluding carboxylic acids is 1. The lowest BCUT2D eigenvalue weighted by Crippen LogP contribution is -2.53. The Labute approximate surface area is 215 Å². The summed E-state index contributed by atoms with van der Waals surface area (Å²) in [6, 6.07) is 19.7. The zero-order chi connectivity index (χ0) is 25.3. The fourth-order valence-corrected chi connectivity index (χ4v) is 5.05. The van der Waals surface area contributed by atoms with Crippen LogP contribution in [0.4, 0.5) is 4.39 Å². The van der Waals surface area contributed by atoms with Crippen LogP contribution in [0.15, 0.2) is 72.9 Å². The summed E-state index contributed by atoms with van der Waals surface area (Å²) in [6.07, 6.45) is 1.99. The van der Waals surface area contributed by atoms with Crippen molar-refractivity contribution in [2.45, 2.75) is 19.4 Å². The highest BCUT2D eigenvalue weighted by Gasteiger charge is 2.26. The van der Waals surface area contributed by atoms with Crippen molar-refractivity contribution >= 4 is 28.4 Å². The molecule has 5 rings (SSSR count). The average Bonchev–Trinajstić information content (AvgIpc) is 3.23. The van der Waals surface area contributed by atoms with Gasteiger partial charge in [0.15, 0.2) is 0 Å². The van der Waals surface area contributed by atoms with Crippen molar-refractivity contribution in [2.24, 2.45) is 0 Å². The van der Waals surface area contributed by atoms with Crippen LogP contribution in [0, 0.1) is 5.82 Å². The first-order chi connectivity index (χ1) is 17.3. The van der Waals surface area contributed by atoms with Crippen LogP contribution in [-0.2, 0) is 4.74 Å². The van der Waals surface area contributed by atoms with Gasteiger partial charge in [-0.05, 0) is 56.3 Å². The molecule has 5 nitrogen and oxygen atoms in total. The van der Waals surface area contributed by atoms with E-state index >= 15 is 0 Å². The van der Waals surface area contributed by atoms with Gasteiger partial charge < -0.3 is 14.6 Å². The third kappa shape index (κ3) is 5.16. The molecule has 36 heavy (non-hydrogen) atoms. The largest absolute Gasteiger partial charge is 0.379 e. The van der Waals surface area contributed by atoms with Crippen molar-refractivity contribution in [3.63, 3.8) is 0 Å². The lowest BCUT2D eigenvalue weighted by molar-refractivity contribution is 0.0269. The number of nitrogens with zero attached hydrogens (tertiary/aromatic N) is 2. The number of fused-ring (bicyclic) bond motifs is 1. The number of halogens is 2. The first kappa shape index (κ1) is 24.5. The van der Waals surface area contributed by atoms with Crippen LogP contribution in [0.2, 0.25) is 5.02 Å². The summed E-state index contributed by atoms with van der Waals surface area (Å²) < 4.78 is 21.1. The molecule has 0 atom stereocenters. The van der Waals surface area contributed by atoms with E-state index in [9.17, 15) is 9.18 Å². The Balaban J connectivity index is 1.52. The molecule has 1 amide bonds. The Kier molecular flexibility index (Phi) is 6.84. The lowest BCUT2D eigenvalue weighted by atomic mass is 10.0. The Hall–Kier alpha value is -3.19. The zero-order valence-electron chi connectivity index (χ0n) is 20.4. The fraction of sp³-hybridized carbons (Fsp3) is 0.276. The normalized spacial score (nSPS) is 14.8. The maximum atomic E-state index is 13.6. The summed E-state index contributed by atoms with van der Waals surface area (Å²) in [5.41, 5.74) is 3.63. The molecule has 2 heterocycles. The minimum atomic E-state index is -0.412. The molecule has 0 saturated carbocycles. The van der Waals surface area contributed by atoms with Gasteiger partial charge in [-0.15, -0.1) is 0 Å². The van der Waals surface area contributed by atoms with Gasteiger partial charge in [-0.1, -0.05) is 35.9 Å². The van der Waals surface area contributed by atoms with Crippen molar-refractivity contribution in [3.05, 3.63) is 89.3 Å². The third-order valence-corrected chi connectivity index (χ3v) is 6.84. The van der Waals surface area contributed by atoms with Gasteiger partial charge in [0.05, 0.1) is 18.7 Å². The van der Waals surface area contributed by atoms with Crippen LogP contribution in [0.1, 0.15) is 24.2 Å². The quantitative estimate of drug-likeness (QED) is 0.353. The van der Waals surface area contributed by atoms with E-state index < -0.39 is 5.54 Å². The highest BCUT2D eigenvalue weighted by Crippen LogP contribution is 2.36. The standard InChI is InChI=1S/C29H29ClFN3O2/c1-29(2,19-33-13-15-36-16-14-33)32-28(35)20-7-12-24-25(23-5-3-4-6-26(23)30)18-34(27(24)17-20)22-10-8-21(31)9-11-22/h3-12,17-18H,13-16,19H2,1-2H3,(H,32,35). The van der Waals surface area contributed by atoms with Gasteiger partial charge >= 0.3 is 0 Å². The molecule has 1 aliphatic heterocycles. The molecule has 0 radical (unpaired) electrons. The van der Waals surface area contributed by atoms with Gasteiger partial charge in [-0.3, -0.25) is 9.69 Å². The van der Waals surface area contributed by atoms with Crippen molar-refractivity contribution in [1.82, 2.24) is 14.8 Å². The summed E-state index contributed by atoms with van der Waals surface area (Å²) in [5, 5.41) is 4.79. The fourth-order valence-electron chi connectivity index (χ4n) is 4.82. The van der Waals surface area contributed by atoms with Crippen LogP contribution < -0.4 is 5.32 Å². The number of morpholine rings is 1. The third-order valence-electron chi connectivity index (χ3n) is 6.51. The van der Waals surface area contributed by atoms with Gasteiger partial charge in [0, 0.05) is 64.2 Å². The van der Waals surface area contributed by atoms with E-state index in [-0.39, 0.29) is 11.7 Å². The van der Waals surface area contributed by atoms with E-state index in [0.29, 0.717) is 10.6 Å². The Morgan fingerprint density at radius 3 is 2.47 bits per heavy atom. The molecular weight excluding hydrogens is 477 g/mol. The predicted molar refractivity (Wildman–Crippen MR) is 142 cm³/mol. The highest BCUT2D eigenvalue weighted by atomic mass is 35.5. The number of benzene rings is 3. The highest BCUT2D eigenvalue weighted by molar-refractivity contribution is 6.33. The second-order valence-corrected chi connectivity index (χ2v) is 10.2. The van der Waals surface area contributed by atoms with E-state index in [0.717, 1.165) is 60.6 Å². The van der Waals surface area contributed by atoms with Gasteiger partial charge in [-0.2, -0.15) is 0 Å². The summed E-state index contributed by atoms with van der Waals surface area (Å²) in [5.74, 6) is -0.439. The summed E-state index contributed by atoms with van der Waals surface area (Å²) in [4.78, 5) is 15.6. The molecule has 0 unspecified atom stereocenters. The zero-order valence-corrected chi connectivity index (χ0v) is 21.2. The van der Waals surface area contributed by atoms with Crippen LogP contribution in [-0.4, -0.2) is 53.8 Å². The van der Waals surface area contributed by atoms with E-state index in [4.69, 9.17) is 16.3 Å². The van der Waals surface area contributed by atoms with Crippen LogP contribution >= 0.6 is 11.6 Å². The number of hydrogen-bond acceptors (Lipinski definition) is 3. The average molecular weight is 506 g/mol. The van der Waals surface area contributed by atoms with Gasteiger partial charge in [0.1, 0.15) is 5.82 Å². The van der Waals surface area contributed by atoms with Crippen molar-refractivity contribution in [3.8, 4) is 16.8 Å². The van der Waals surface area contributed by atoms with E-state index in [1.54, 1.807) is 12.1 Å². The number of aromatic nitrogens is 1. The topological polar surface area (TPSA) is 46.5 Å². The molecule has 1 aromatic heterocycles. The molecule has 0 spiro atoms. The molecule has 0 bridgehead atoms. The predicted octanol–water partition coefficient (Wildman–Crippen LogP) is 5.93. The number of amides is 1. The molecule has 186 valence electrons. The smallest absolute Gasteiger partial charge is 0.251 e. The molecule has 3 aromatic carbocycles. The van der Waals surface area contributed by atoms with Crippen LogP contribution in [0.3, 0.4) is 0 Å². The van der Waals surface area contributed by atoms with E-state index in [2.05, 4.69) is 10.2 Å². The number of nitrogens with one attached hydrogen (secondary N) is 1. The minimum Gasteiger partial charge on any atom is -0.379 e. The van der Waals surface area contributed by atoms with Crippen molar-refractivity contribution in [1.29, 1.82) is 0 Å². The van der Waals surface area contributed by atoms with E-state index in [1.165, 1.54) is 12.1 Å². The molecule has 0 aliphatic carbocycles. The maximum Gasteiger partial charge on any atom is 0.251 e. The maximum absolute atomic E-state index is 13.6. The number of hydrogen-bond donors (Lipinski definition) is 1. The molecule has 1 saturated heterocycles. The Bertz CT molecular complexity index is 1390. The monoisotopic (exact) mass is 505 g/mol. The second kappa shape index (κ2) is 10.1. The van der Waals surface area contributed by atoms with Crippen LogP contribution in [0.25, 0.3) is 27.7 Å². The summed E-state index contributed by atoms with van der Waals surface area (Å²) >= 11 is 6.53. The molecule has 1 N–H and O–H groups in total. The van der Waals surface area contributed by atoms with Gasteiger partial charge in [0.2, 0.25) is 0 Å². The Morgan fingerprint density at radius 2 is 1.75 bits per heavy atom. The lowest BCUT2D eigenvalue weighted by Gasteiger charge is -2.35. The van der Waals surface area contributed by atoms with Crippen molar-refractivity contribution < 1.29 is 13.9 Å². The molecule has 1 fully saturated rings. The molecule has 7 heteroatoms. The first-order valence-corrected chi connectivity index (χ1v) is 12.5. The number of ether oxygens (including phenoxy) is 1. The number of rotatable bonds is 6. The molecule has 1 aliphatic rings. The minimum absolute atomic E-state index is 0.138. The molecular formula is C29H29ClFN3O2. The summed E-state index contributed by atoms with van der Waals surface area (Å²) in [7, 11) is 0. The SMILES string of the molecule is CC(C)(CN1CCOCC1)NC(=O)c1ccc2c(-c3ccccc3Cl)cn(-c3ccc(F)cc3)c2c1. The van der Waals surface area contributed by atoms with Crippen molar-refractivity contribution in [2.75, 3.05) is 32.8 Å². The van der Waals surface area contributed by atoms with Gasteiger partial charge in [-0.25, -0.2) is 4.39 Å². The Morgan fingerprint density at radius 1 is 1.03 bits per heavy atom. The first-order valence-electron chi connectivity index (χ1n) is 12.1. The number of carbonyl (C=O) groups is 1. The second-order valence-electron chi connectivity index (χ2n) is 9.83. The van der Waals surface area contributed by atoms with Gasteiger partial charge in [0.25, 0.3) is 5.91 Å². The molecule has 4 aromatic rings. The van der Waals surface area contributed by atoms with Crippen LogP contribution in [0.5, 0.6) is 0 Å².